The molecule has 3 aromatic heterocycles. The SMILES string of the molecule is Cc1nc(C)c(-c2cccc(-c3ccc4c(c3)sc3cc(-c5cccc(-c6sc(C)nc6C)c5)c5ccccc5c34)c2)s1. The first-order chi connectivity index (χ1) is 20.9. The standard InChI is InChI=1S/C38H28N2S3/c1-21-37(41-23(3)39-21)28-11-7-9-25(17-28)26-15-16-32-34(19-26)43-35-20-33(30-13-5-6-14-31(30)36(32)35)27-10-8-12-29(18-27)38-22(2)40-24(4)42-38/h5-20H,1-4H3. The number of thiazole rings is 2. The molecule has 0 spiro atoms. The molecule has 0 unspecified atom stereocenters. The summed E-state index contributed by atoms with van der Waals surface area (Å²) in [6, 6.07) is 36.1. The average Bonchev–Trinajstić information content (AvgIpc) is 3.68. The molecule has 0 saturated carbocycles. The largest absolute Gasteiger partial charge is 0.246 e. The third kappa shape index (κ3) is 4.51. The molecule has 0 bridgehead atoms. The molecule has 0 aliphatic rings. The second-order valence-corrected chi connectivity index (χ2v) is 14.6. The summed E-state index contributed by atoms with van der Waals surface area (Å²) in [4.78, 5) is 11.8. The molecule has 0 atom stereocenters. The Morgan fingerprint density at radius 3 is 1.67 bits per heavy atom. The van der Waals surface area contributed by atoms with Gasteiger partial charge < -0.3 is 0 Å². The lowest BCUT2D eigenvalue weighted by molar-refractivity contribution is 1.20. The van der Waals surface area contributed by atoms with Crippen molar-refractivity contribution < 1.29 is 0 Å². The van der Waals surface area contributed by atoms with Gasteiger partial charge >= 0.3 is 0 Å². The summed E-state index contributed by atoms with van der Waals surface area (Å²) >= 11 is 5.43. The zero-order chi connectivity index (χ0) is 29.2. The van der Waals surface area contributed by atoms with E-state index in [0.29, 0.717) is 0 Å². The Labute approximate surface area is 263 Å². The Hall–Kier alpha value is -4.16. The Bertz CT molecular complexity index is 2350. The van der Waals surface area contributed by atoms with Gasteiger partial charge in [-0.25, -0.2) is 9.97 Å². The fourth-order valence-corrected chi connectivity index (χ4v) is 9.36. The van der Waals surface area contributed by atoms with E-state index in [1.807, 2.05) is 11.3 Å². The van der Waals surface area contributed by atoms with Crippen LogP contribution in [0.1, 0.15) is 21.4 Å². The summed E-state index contributed by atoms with van der Waals surface area (Å²) in [6.07, 6.45) is 0. The molecule has 2 nitrogen and oxygen atoms in total. The highest BCUT2D eigenvalue weighted by molar-refractivity contribution is 7.26. The molecule has 5 heteroatoms. The highest BCUT2D eigenvalue weighted by Gasteiger charge is 2.16. The van der Waals surface area contributed by atoms with Crippen LogP contribution < -0.4 is 0 Å². The van der Waals surface area contributed by atoms with Gasteiger partial charge in [-0.1, -0.05) is 72.8 Å². The number of rotatable bonds is 4. The molecule has 0 saturated heterocycles. The Kier molecular flexibility index (Phi) is 6.30. The molecule has 0 aliphatic heterocycles. The lowest BCUT2D eigenvalue weighted by atomic mass is 9.93. The van der Waals surface area contributed by atoms with Gasteiger partial charge in [-0.15, -0.1) is 34.0 Å². The lowest BCUT2D eigenvalue weighted by Crippen LogP contribution is -1.85. The fourth-order valence-electron chi connectivity index (χ4n) is 6.32. The number of nitrogens with zero attached hydrogens (tertiary/aromatic N) is 2. The summed E-state index contributed by atoms with van der Waals surface area (Å²) in [5, 5.41) is 7.48. The van der Waals surface area contributed by atoms with Gasteiger partial charge in [0.2, 0.25) is 0 Å². The van der Waals surface area contributed by atoms with Gasteiger partial charge in [0.25, 0.3) is 0 Å². The maximum atomic E-state index is 4.68. The van der Waals surface area contributed by atoms with E-state index in [2.05, 4.69) is 135 Å². The van der Waals surface area contributed by atoms with Gasteiger partial charge in [0.15, 0.2) is 0 Å². The van der Waals surface area contributed by atoms with Crippen LogP contribution in [0.3, 0.4) is 0 Å². The van der Waals surface area contributed by atoms with Crippen LogP contribution in [0.5, 0.6) is 0 Å². The molecule has 208 valence electrons. The maximum Gasteiger partial charge on any atom is 0.0903 e. The van der Waals surface area contributed by atoms with Crippen LogP contribution in [-0.4, -0.2) is 9.97 Å². The molecule has 0 fully saturated rings. The lowest BCUT2D eigenvalue weighted by Gasteiger charge is -2.11. The summed E-state index contributed by atoms with van der Waals surface area (Å²) in [5.41, 5.74) is 9.66. The summed E-state index contributed by atoms with van der Waals surface area (Å²) < 4.78 is 2.63. The van der Waals surface area contributed by atoms with E-state index in [1.165, 1.54) is 74.1 Å². The number of aromatic nitrogens is 2. The van der Waals surface area contributed by atoms with Crippen molar-refractivity contribution in [1.29, 1.82) is 0 Å². The first-order valence-corrected chi connectivity index (χ1v) is 16.9. The predicted octanol–water partition coefficient (Wildman–Crippen LogP) is 12.0. The van der Waals surface area contributed by atoms with E-state index in [0.717, 1.165) is 21.4 Å². The maximum absolute atomic E-state index is 4.68. The van der Waals surface area contributed by atoms with Gasteiger partial charge in [-0.3, -0.25) is 0 Å². The quantitative estimate of drug-likeness (QED) is 0.199. The Morgan fingerprint density at radius 1 is 0.442 bits per heavy atom. The molecular formula is C38H28N2S3. The molecule has 0 N–H and O–H groups in total. The van der Waals surface area contributed by atoms with Crippen molar-refractivity contribution in [1.82, 2.24) is 9.97 Å². The minimum absolute atomic E-state index is 1.10. The third-order valence-corrected chi connectivity index (χ3v) is 11.5. The van der Waals surface area contributed by atoms with E-state index in [4.69, 9.17) is 0 Å². The smallest absolute Gasteiger partial charge is 0.0903 e. The van der Waals surface area contributed by atoms with Crippen LogP contribution in [0.15, 0.2) is 97.1 Å². The van der Waals surface area contributed by atoms with E-state index in [-0.39, 0.29) is 0 Å². The van der Waals surface area contributed by atoms with Crippen molar-refractivity contribution in [3.05, 3.63) is 118 Å². The zero-order valence-corrected chi connectivity index (χ0v) is 26.8. The molecule has 5 aromatic carbocycles. The highest BCUT2D eigenvalue weighted by Crippen LogP contribution is 2.44. The molecule has 3 heterocycles. The summed E-state index contributed by atoms with van der Waals surface area (Å²) in [5.74, 6) is 0. The second kappa shape index (κ2) is 10.2. The van der Waals surface area contributed by atoms with Crippen molar-refractivity contribution in [2.24, 2.45) is 0 Å². The predicted molar refractivity (Wildman–Crippen MR) is 189 cm³/mol. The number of fused-ring (bicyclic) bond motifs is 5. The van der Waals surface area contributed by atoms with Crippen LogP contribution in [0, 0.1) is 27.7 Å². The Balaban J connectivity index is 1.28. The van der Waals surface area contributed by atoms with Crippen molar-refractivity contribution >= 4 is 65.0 Å². The minimum atomic E-state index is 1.10. The molecule has 0 amide bonds. The molecule has 0 radical (unpaired) electrons. The van der Waals surface area contributed by atoms with Crippen LogP contribution in [0.2, 0.25) is 0 Å². The first kappa shape index (κ1) is 26.5. The van der Waals surface area contributed by atoms with Crippen LogP contribution in [0.4, 0.5) is 0 Å². The minimum Gasteiger partial charge on any atom is -0.246 e. The highest BCUT2D eigenvalue weighted by atomic mass is 32.1. The average molecular weight is 609 g/mol. The molecule has 43 heavy (non-hydrogen) atoms. The van der Waals surface area contributed by atoms with Crippen molar-refractivity contribution in [3.63, 3.8) is 0 Å². The number of benzene rings is 5. The monoisotopic (exact) mass is 608 g/mol. The molecular weight excluding hydrogens is 581 g/mol. The van der Waals surface area contributed by atoms with Gasteiger partial charge in [0, 0.05) is 20.2 Å². The van der Waals surface area contributed by atoms with E-state index in [1.54, 1.807) is 22.7 Å². The number of aryl methyl sites for hydroxylation is 4. The van der Waals surface area contributed by atoms with Gasteiger partial charge in [-0.05, 0) is 96.1 Å². The second-order valence-electron chi connectivity index (χ2n) is 11.1. The van der Waals surface area contributed by atoms with Gasteiger partial charge in [0.1, 0.15) is 0 Å². The number of hydrogen-bond acceptors (Lipinski definition) is 5. The number of thiophene rings is 1. The van der Waals surface area contributed by atoms with Crippen LogP contribution >= 0.6 is 34.0 Å². The summed E-state index contributed by atoms with van der Waals surface area (Å²) in [7, 11) is 0. The van der Waals surface area contributed by atoms with Crippen molar-refractivity contribution in [2.45, 2.75) is 27.7 Å². The van der Waals surface area contributed by atoms with E-state index >= 15 is 0 Å². The molecule has 0 aliphatic carbocycles. The van der Waals surface area contributed by atoms with Crippen molar-refractivity contribution in [3.8, 4) is 43.1 Å². The normalized spacial score (nSPS) is 11.7. The third-order valence-electron chi connectivity index (χ3n) is 8.18. The first-order valence-electron chi connectivity index (χ1n) is 14.4. The molecule has 8 aromatic rings. The van der Waals surface area contributed by atoms with E-state index in [9.17, 15) is 0 Å². The topological polar surface area (TPSA) is 25.8 Å². The van der Waals surface area contributed by atoms with Crippen molar-refractivity contribution in [2.75, 3.05) is 0 Å². The summed E-state index contributed by atoms with van der Waals surface area (Å²) in [6.45, 7) is 8.37. The van der Waals surface area contributed by atoms with Gasteiger partial charge in [-0.2, -0.15) is 0 Å². The zero-order valence-electron chi connectivity index (χ0n) is 24.4. The Morgan fingerprint density at radius 2 is 1.02 bits per heavy atom. The molecule has 8 rings (SSSR count). The van der Waals surface area contributed by atoms with Gasteiger partial charge in [0.05, 0.1) is 31.2 Å². The van der Waals surface area contributed by atoms with E-state index < -0.39 is 0 Å². The fraction of sp³-hybridized carbons (Fsp3) is 0.105. The van der Waals surface area contributed by atoms with Crippen LogP contribution in [-0.2, 0) is 0 Å². The number of hydrogen-bond donors (Lipinski definition) is 0. The van der Waals surface area contributed by atoms with Crippen LogP contribution in [0.25, 0.3) is 74.1 Å².